The van der Waals surface area contributed by atoms with Gasteiger partial charge in [-0.05, 0) is 30.2 Å². The maximum atomic E-state index is 13.4. The van der Waals surface area contributed by atoms with Gasteiger partial charge in [-0.2, -0.15) is 0 Å². The van der Waals surface area contributed by atoms with Gasteiger partial charge < -0.3 is 14.1 Å². The van der Waals surface area contributed by atoms with Gasteiger partial charge in [0.15, 0.2) is 5.75 Å². The molecule has 2 heterocycles. The first-order valence-electron chi connectivity index (χ1n) is 9.19. The standard InChI is InChI=1S/C21H18N2O6S/c1-12-14-5-3-4-6-16(14)29-21(25)18(12)19(24)22-9-10-30-20(22)13-7-8-17(28-2)15(11-13)23(26)27/h3-8,11,20H,9-10H2,1-2H3. The van der Waals surface area contributed by atoms with Gasteiger partial charge in [0.1, 0.15) is 16.5 Å². The molecule has 2 aromatic carbocycles. The number of benzene rings is 2. The number of carbonyl (C=O) groups excluding carboxylic acids is 1. The zero-order valence-electron chi connectivity index (χ0n) is 16.3. The van der Waals surface area contributed by atoms with Gasteiger partial charge in [0.2, 0.25) is 0 Å². The van der Waals surface area contributed by atoms with Crippen molar-refractivity contribution in [2.24, 2.45) is 0 Å². The zero-order valence-corrected chi connectivity index (χ0v) is 17.1. The minimum absolute atomic E-state index is 0.00999. The molecular weight excluding hydrogens is 408 g/mol. The normalized spacial score (nSPS) is 16.1. The van der Waals surface area contributed by atoms with Crippen molar-refractivity contribution in [2.45, 2.75) is 12.3 Å². The smallest absolute Gasteiger partial charge is 0.349 e. The Hall–Kier alpha value is -3.33. The number of amides is 1. The SMILES string of the molecule is COc1ccc(C2SCCN2C(=O)c2c(C)c3ccccc3oc2=O)cc1[N+](=O)[O-]. The van der Waals surface area contributed by atoms with Crippen molar-refractivity contribution in [3.8, 4) is 5.75 Å². The third-order valence-electron chi connectivity index (χ3n) is 5.12. The van der Waals surface area contributed by atoms with Crippen LogP contribution in [0.5, 0.6) is 5.75 Å². The topological polar surface area (TPSA) is 103 Å². The lowest BCUT2D eigenvalue weighted by Gasteiger charge is -2.24. The summed E-state index contributed by atoms with van der Waals surface area (Å²) in [6.45, 7) is 2.14. The van der Waals surface area contributed by atoms with E-state index in [1.54, 1.807) is 36.1 Å². The number of hydrogen-bond acceptors (Lipinski definition) is 7. The molecule has 3 aromatic rings. The van der Waals surface area contributed by atoms with Crippen molar-refractivity contribution >= 4 is 34.3 Å². The highest BCUT2D eigenvalue weighted by Gasteiger charge is 2.35. The van der Waals surface area contributed by atoms with Crippen molar-refractivity contribution in [1.82, 2.24) is 4.90 Å². The number of methoxy groups -OCH3 is 1. The quantitative estimate of drug-likeness (QED) is 0.354. The van der Waals surface area contributed by atoms with Gasteiger partial charge in [0, 0.05) is 23.8 Å². The first-order valence-corrected chi connectivity index (χ1v) is 10.2. The Morgan fingerprint density at radius 3 is 2.80 bits per heavy atom. The molecule has 0 aliphatic carbocycles. The second-order valence-corrected chi connectivity index (χ2v) is 7.98. The second kappa shape index (κ2) is 7.83. The first-order chi connectivity index (χ1) is 14.4. The molecule has 8 nitrogen and oxygen atoms in total. The molecular formula is C21H18N2O6S. The molecule has 30 heavy (non-hydrogen) atoms. The fourth-order valence-corrected chi connectivity index (χ4v) is 4.90. The fourth-order valence-electron chi connectivity index (χ4n) is 3.65. The minimum Gasteiger partial charge on any atom is -0.490 e. The predicted octanol–water partition coefficient (Wildman–Crippen LogP) is 3.91. The number of nitrogens with zero attached hydrogens (tertiary/aromatic N) is 2. The number of carbonyl (C=O) groups is 1. The number of hydrogen-bond donors (Lipinski definition) is 0. The number of rotatable bonds is 4. The summed E-state index contributed by atoms with van der Waals surface area (Å²) in [4.78, 5) is 38.4. The third-order valence-corrected chi connectivity index (χ3v) is 6.38. The Morgan fingerprint density at radius 1 is 1.30 bits per heavy atom. The molecule has 1 fully saturated rings. The molecule has 1 unspecified atom stereocenters. The number of aryl methyl sites for hydroxylation is 1. The number of fused-ring (bicyclic) bond motifs is 1. The predicted molar refractivity (Wildman–Crippen MR) is 113 cm³/mol. The molecule has 0 radical (unpaired) electrons. The Labute approximate surface area is 175 Å². The average Bonchev–Trinajstić information content (AvgIpc) is 3.23. The summed E-state index contributed by atoms with van der Waals surface area (Å²) in [5, 5.41) is 11.6. The molecule has 0 bridgehead atoms. The Morgan fingerprint density at radius 2 is 2.07 bits per heavy atom. The van der Waals surface area contributed by atoms with Gasteiger partial charge >= 0.3 is 11.3 Å². The van der Waals surface area contributed by atoms with Gasteiger partial charge in [-0.15, -0.1) is 11.8 Å². The summed E-state index contributed by atoms with van der Waals surface area (Å²) in [5.41, 5.74) is 0.715. The van der Waals surface area contributed by atoms with Crippen LogP contribution in [-0.2, 0) is 0 Å². The van der Waals surface area contributed by atoms with E-state index in [1.807, 2.05) is 6.07 Å². The lowest BCUT2D eigenvalue weighted by molar-refractivity contribution is -0.385. The van der Waals surface area contributed by atoms with Crippen molar-refractivity contribution in [3.63, 3.8) is 0 Å². The highest BCUT2D eigenvalue weighted by atomic mass is 32.2. The lowest BCUT2D eigenvalue weighted by atomic mass is 10.0. The molecule has 1 amide bonds. The molecule has 154 valence electrons. The maximum absolute atomic E-state index is 13.4. The summed E-state index contributed by atoms with van der Waals surface area (Å²) < 4.78 is 10.4. The van der Waals surface area contributed by atoms with Gasteiger partial charge in [-0.3, -0.25) is 14.9 Å². The van der Waals surface area contributed by atoms with Crippen LogP contribution in [0.2, 0.25) is 0 Å². The number of nitro groups is 1. The lowest BCUT2D eigenvalue weighted by Crippen LogP contribution is -2.34. The maximum Gasteiger partial charge on any atom is 0.349 e. The number of thioether (sulfide) groups is 1. The Kier molecular flexibility index (Phi) is 5.21. The summed E-state index contributed by atoms with van der Waals surface area (Å²) in [7, 11) is 1.37. The highest BCUT2D eigenvalue weighted by Crippen LogP contribution is 2.41. The molecule has 0 N–H and O–H groups in total. The average molecular weight is 426 g/mol. The van der Waals surface area contributed by atoms with E-state index in [9.17, 15) is 19.7 Å². The number of para-hydroxylation sites is 1. The van der Waals surface area contributed by atoms with E-state index >= 15 is 0 Å². The Bertz CT molecular complexity index is 1220. The highest BCUT2D eigenvalue weighted by molar-refractivity contribution is 7.99. The van der Waals surface area contributed by atoms with E-state index in [1.165, 1.54) is 31.0 Å². The second-order valence-electron chi connectivity index (χ2n) is 6.80. The first kappa shape index (κ1) is 20.0. The van der Waals surface area contributed by atoms with Crippen LogP contribution in [0.1, 0.15) is 26.9 Å². The minimum atomic E-state index is -0.687. The number of ether oxygens (including phenoxy) is 1. The number of nitro benzene ring substituents is 1. The van der Waals surface area contributed by atoms with Crippen LogP contribution in [0.4, 0.5) is 5.69 Å². The van der Waals surface area contributed by atoms with Crippen LogP contribution in [0.25, 0.3) is 11.0 Å². The largest absolute Gasteiger partial charge is 0.490 e. The van der Waals surface area contributed by atoms with Crippen LogP contribution >= 0.6 is 11.8 Å². The van der Waals surface area contributed by atoms with Crippen molar-refractivity contribution in [3.05, 3.63) is 79.7 Å². The van der Waals surface area contributed by atoms with Crippen LogP contribution in [0.3, 0.4) is 0 Å². The van der Waals surface area contributed by atoms with E-state index in [-0.39, 0.29) is 17.0 Å². The van der Waals surface area contributed by atoms with E-state index in [0.717, 1.165) is 0 Å². The molecule has 1 saturated heterocycles. The van der Waals surface area contributed by atoms with Crippen molar-refractivity contribution < 1.29 is 18.9 Å². The van der Waals surface area contributed by atoms with Gasteiger partial charge in [-0.25, -0.2) is 4.79 Å². The van der Waals surface area contributed by atoms with Gasteiger partial charge in [0.05, 0.1) is 12.0 Å². The molecule has 1 aliphatic rings. The summed E-state index contributed by atoms with van der Waals surface area (Å²) in [6.07, 6.45) is 0. The van der Waals surface area contributed by atoms with Crippen molar-refractivity contribution in [1.29, 1.82) is 0 Å². The molecule has 4 rings (SSSR count). The van der Waals surface area contributed by atoms with Crippen LogP contribution in [0, 0.1) is 17.0 Å². The van der Waals surface area contributed by atoms with E-state index in [2.05, 4.69) is 0 Å². The van der Waals surface area contributed by atoms with Gasteiger partial charge in [0.25, 0.3) is 5.91 Å². The zero-order chi connectivity index (χ0) is 21.4. The van der Waals surface area contributed by atoms with Crippen LogP contribution in [0.15, 0.2) is 51.7 Å². The Balaban J connectivity index is 1.75. The molecule has 1 aliphatic heterocycles. The summed E-state index contributed by atoms with van der Waals surface area (Å²) in [6, 6.07) is 11.7. The van der Waals surface area contributed by atoms with Gasteiger partial charge in [-0.1, -0.05) is 24.3 Å². The monoisotopic (exact) mass is 426 g/mol. The molecule has 0 spiro atoms. The third kappa shape index (κ3) is 3.30. The fraction of sp³-hybridized carbons (Fsp3) is 0.238. The van der Waals surface area contributed by atoms with E-state index in [0.29, 0.717) is 34.4 Å². The molecule has 1 atom stereocenters. The molecule has 1 aromatic heterocycles. The van der Waals surface area contributed by atoms with Crippen LogP contribution in [-0.4, -0.2) is 35.1 Å². The van der Waals surface area contributed by atoms with Crippen LogP contribution < -0.4 is 10.4 Å². The van der Waals surface area contributed by atoms with E-state index in [4.69, 9.17) is 9.15 Å². The molecule has 9 heteroatoms. The van der Waals surface area contributed by atoms with E-state index < -0.39 is 21.8 Å². The van der Waals surface area contributed by atoms with Crippen molar-refractivity contribution in [2.75, 3.05) is 19.4 Å². The summed E-state index contributed by atoms with van der Waals surface area (Å²) >= 11 is 1.48. The summed E-state index contributed by atoms with van der Waals surface area (Å²) in [5.74, 6) is 0.352. The molecule has 0 saturated carbocycles.